The molecule has 1 aromatic heterocycles. The highest BCUT2D eigenvalue weighted by Crippen LogP contribution is 2.24. The van der Waals surface area contributed by atoms with Crippen LogP contribution in [-0.4, -0.2) is 38.9 Å². The van der Waals surface area contributed by atoms with Crippen LogP contribution in [0.5, 0.6) is 11.5 Å². The molecule has 0 atom stereocenters. The van der Waals surface area contributed by atoms with Crippen molar-refractivity contribution < 1.29 is 14.0 Å². The number of guanidine groups is 1. The molecular weight excluding hydrogens is 483 g/mol. The Bertz CT molecular complexity index is 760. The lowest BCUT2D eigenvalue weighted by Crippen LogP contribution is -2.37. The van der Waals surface area contributed by atoms with Crippen LogP contribution in [0, 0.1) is 0 Å². The third kappa shape index (κ3) is 7.41. The van der Waals surface area contributed by atoms with Gasteiger partial charge in [-0.1, -0.05) is 19.0 Å². The first-order chi connectivity index (χ1) is 13.6. The van der Waals surface area contributed by atoms with Gasteiger partial charge in [-0.25, -0.2) is 0 Å². The number of nitrogens with zero attached hydrogens (tertiary/aromatic N) is 2. The summed E-state index contributed by atoms with van der Waals surface area (Å²) >= 11 is 0. The minimum absolute atomic E-state index is 0. The number of nitrogens with one attached hydrogen (secondary N) is 2. The highest BCUT2D eigenvalue weighted by atomic mass is 127. The zero-order valence-corrected chi connectivity index (χ0v) is 20.3. The number of hydrogen-bond donors (Lipinski definition) is 2. The van der Waals surface area contributed by atoms with E-state index in [1.54, 1.807) is 21.3 Å². The second-order valence-corrected chi connectivity index (χ2v) is 6.51. The van der Waals surface area contributed by atoms with Crippen LogP contribution in [-0.2, 0) is 13.0 Å². The van der Waals surface area contributed by atoms with Crippen LogP contribution in [0.1, 0.15) is 49.6 Å². The third-order valence-corrected chi connectivity index (χ3v) is 4.81. The van der Waals surface area contributed by atoms with E-state index in [-0.39, 0.29) is 24.0 Å². The Morgan fingerprint density at radius 3 is 2.52 bits per heavy atom. The van der Waals surface area contributed by atoms with Crippen LogP contribution in [0.4, 0.5) is 0 Å². The van der Waals surface area contributed by atoms with E-state index in [4.69, 9.17) is 14.0 Å². The molecule has 2 rings (SSSR count). The standard InChI is InChI=1S/C21H32N4O3.HI/c1-6-15(7-2)19-13-18(28-25-19)14-24-21(22-3)23-11-10-16-12-17(26-4)8-9-20(16)27-5;/h8-9,12-13,15H,6-7,10-11,14H2,1-5H3,(H2,22,23,24);1H. The Kier molecular flexibility index (Phi) is 11.5. The molecule has 0 spiro atoms. The molecular formula is C21H33IN4O3. The zero-order chi connectivity index (χ0) is 20.4. The molecule has 0 amide bonds. The highest BCUT2D eigenvalue weighted by Gasteiger charge is 2.13. The summed E-state index contributed by atoms with van der Waals surface area (Å²) in [4.78, 5) is 4.26. The maximum absolute atomic E-state index is 5.45. The molecule has 0 bridgehead atoms. The van der Waals surface area contributed by atoms with E-state index in [0.29, 0.717) is 25.0 Å². The van der Waals surface area contributed by atoms with Crippen LogP contribution in [0.15, 0.2) is 33.8 Å². The molecule has 0 radical (unpaired) electrons. The van der Waals surface area contributed by atoms with Gasteiger partial charge >= 0.3 is 0 Å². The molecule has 29 heavy (non-hydrogen) atoms. The van der Waals surface area contributed by atoms with Crippen LogP contribution >= 0.6 is 24.0 Å². The number of aromatic nitrogens is 1. The molecule has 1 heterocycles. The molecule has 0 saturated carbocycles. The number of hydrogen-bond acceptors (Lipinski definition) is 5. The van der Waals surface area contributed by atoms with Crippen molar-refractivity contribution in [3.05, 3.63) is 41.3 Å². The fourth-order valence-corrected chi connectivity index (χ4v) is 3.10. The predicted molar refractivity (Wildman–Crippen MR) is 127 cm³/mol. The van der Waals surface area contributed by atoms with Crippen LogP contribution in [0.25, 0.3) is 0 Å². The number of halogens is 1. The second-order valence-electron chi connectivity index (χ2n) is 6.51. The zero-order valence-electron chi connectivity index (χ0n) is 17.9. The Morgan fingerprint density at radius 1 is 1.14 bits per heavy atom. The molecule has 0 aliphatic rings. The molecule has 0 unspecified atom stereocenters. The largest absolute Gasteiger partial charge is 0.497 e. The fraction of sp³-hybridized carbons (Fsp3) is 0.524. The lowest BCUT2D eigenvalue weighted by molar-refractivity contribution is 0.368. The van der Waals surface area contributed by atoms with Crippen molar-refractivity contribution in [1.29, 1.82) is 0 Å². The SMILES string of the molecule is CCC(CC)c1cc(CNC(=NC)NCCc2cc(OC)ccc2OC)on1.I. The van der Waals surface area contributed by atoms with Gasteiger partial charge in [0.2, 0.25) is 0 Å². The van der Waals surface area contributed by atoms with Crippen molar-refractivity contribution in [1.82, 2.24) is 15.8 Å². The minimum Gasteiger partial charge on any atom is -0.497 e. The number of aliphatic imine (C=N–C) groups is 1. The average molecular weight is 516 g/mol. The Balaban J connectivity index is 0.00000420. The van der Waals surface area contributed by atoms with Gasteiger partial charge in [0.15, 0.2) is 11.7 Å². The second kappa shape index (κ2) is 13.3. The van der Waals surface area contributed by atoms with E-state index in [9.17, 15) is 0 Å². The minimum atomic E-state index is 0. The van der Waals surface area contributed by atoms with Crippen LogP contribution < -0.4 is 20.1 Å². The van der Waals surface area contributed by atoms with Gasteiger partial charge in [0.05, 0.1) is 26.5 Å². The summed E-state index contributed by atoms with van der Waals surface area (Å²) in [5.41, 5.74) is 2.10. The maximum Gasteiger partial charge on any atom is 0.191 e. The van der Waals surface area contributed by atoms with Gasteiger partial charge in [0, 0.05) is 25.6 Å². The van der Waals surface area contributed by atoms with Crippen molar-refractivity contribution in [2.75, 3.05) is 27.8 Å². The first-order valence-corrected chi connectivity index (χ1v) is 9.75. The lowest BCUT2D eigenvalue weighted by atomic mass is 9.99. The summed E-state index contributed by atoms with van der Waals surface area (Å²) in [6.45, 7) is 5.58. The molecule has 7 nitrogen and oxygen atoms in total. The van der Waals surface area contributed by atoms with E-state index in [0.717, 1.165) is 47.8 Å². The average Bonchev–Trinajstić information content (AvgIpc) is 3.20. The molecule has 1 aromatic carbocycles. The van der Waals surface area contributed by atoms with Gasteiger partial charge in [-0.3, -0.25) is 4.99 Å². The molecule has 162 valence electrons. The first-order valence-electron chi connectivity index (χ1n) is 9.75. The number of methoxy groups -OCH3 is 2. The predicted octanol–water partition coefficient (Wildman–Crippen LogP) is 4.12. The normalized spacial score (nSPS) is 11.2. The van der Waals surface area contributed by atoms with Gasteiger partial charge in [0.1, 0.15) is 11.5 Å². The molecule has 2 N–H and O–H groups in total. The monoisotopic (exact) mass is 516 g/mol. The first kappa shape index (κ1) is 25.1. The quantitative estimate of drug-likeness (QED) is 0.281. The summed E-state index contributed by atoms with van der Waals surface area (Å²) < 4.78 is 16.2. The van der Waals surface area contributed by atoms with Crippen LogP contribution in [0.2, 0.25) is 0 Å². The van der Waals surface area contributed by atoms with E-state index in [2.05, 4.69) is 34.6 Å². The summed E-state index contributed by atoms with van der Waals surface area (Å²) in [5, 5.41) is 10.8. The fourth-order valence-electron chi connectivity index (χ4n) is 3.10. The van der Waals surface area contributed by atoms with Crippen LogP contribution in [0.3, 0.4) is 0 Å². The molecule has 0 aliphatic carbocycles. The van der Waals surface area contributed by atoms with Gasteiger partial charge in [-0.2, -0.15) is 0 Å². The van der Waals surface area contributed by atoms with Crippen molar-refractivity contribution in [3.63, 3.8) is 0 Å². The number of ether oxygens (including phenoxy) is 2. The molecule has 0 saturated heterocycles. The molecule has 2 aromatic rings. The smallest absolute Gasteiger partial charge is 0.191 e. The van der Waals surface area contributed by atoms with Gasteiger partial charge in [-0.15, -0.1) is 24.0 Å². The summed E-state index contributed by atoms with van der Waals surface area (Å²) in [5.74, 6) is 3.63. The molecule has 0 aliphatic heterocycles. The third-order valence-electron chi connectivity index (χ3n) is 4.81. The lowest BCUT2D eigenvalue weighted by Gasteiger charge is -2.13. The van der Waals surface area contributed by atoms with Crippen molar-refractivity contribution in [2.45, 2.75) is 45.6 Å². The summed E-state index contributed by atoms with van der Waals surface area (Å²) in [6, 6.07) is 7.83. The maximum atomic E-state index is 5.45. The number of benzene rings is 1. The Labute approximate surface area is 190 Å². The van der Waals surface area contributed by atoms with Gasteiger partial charge < -0.3 is 24.6 Å². The topological polar surface area (TPSA) is 80.9 Å². The highest BCUT2D eigenvalue weighted by molar-refractivity contribution is 14.0. The Hall–Kier alpha value is -1.97. The summed E-state index contributed by atoms with van der Waals surface area (Å²) in [6.07, 6.45) is 2.90. The van der Waals surface area contributed by atoms with Crippen molar-refractivity contribution >= 4 is 29.9 Å². The Morgan fingerprint density at radius 2 is 1.90 bits per heavy atom. The van der Waals surface area contributed by atoms with Crippen molar-refractivity contribution in [3.8, 4) is 11.5 Å². The molecule has 0 fully saturated rings. The van der Waals surface area contributed by atoms with E-state index in [1.807, 2.05) is 24.3 Å². The van der Waals surface area contributed by atoms with E-state index < -0.39 is 0 Å². The van der Waals surface area contributed by atoms with E-state index in [1.165, 1.54) is 0 Å². The molecule has 8 heteroatoms. The van der Waals surface area contributed by atoms with Gasteiger partial charge in [-0.05, 0) is 43.0 Å². The van der Waals surface area contributed by atoms with Crippen molar-refractivity contribution in [2.24, 2.45) is 4.99 Å². The summed E-state index contributed by atoms with van der Waals surface area (Å²) in [7, 11) is 5.08. The van der Waals surface area contributed by atoms with E-state index >= 15 is 0 Å². The van der Waals surface area contributed by atoms with Gasteiger partial charge in [0.25, 0.3) is 0 Å². The number of rotatable bonds is 10.